The molecule has 1 saturated carbocycles. The molecule has 1 atom stereocenters. The standard InChI is InChI=1S/C9H19NO2S/c1-13(11,12)7-6-9(10)8-4-2-3-5-8/h8-9H,2-7,10H2,1H3. The Hall–Kier alpha value is -0.0900. The van der Waals surface area contributed by atoms with E-state index in [0.29, 0.717) is 12.3 Å². The maximum atomic E-state index is 10.9. The molecule has 0 aromatic rings. The van der Waals surface area contributed by atoms with Crippen molar-refractivity contribution in [3.8, 4) is 0 Å². The van der Waals surface area contributed by atoms with Crippen LogP contribution in [-0.2, 0) is 9.84 Å². The van der Waals surface area contributed by atoms with Gasteiger partial charge in [-0.05, 0) is 25.2 Å². The molecular formula is C9H19NO2S. The highest BCUT2D eigenvalue weighted by Crippen LogP contribution is 2.27. The molecule has 0 aromatic heterocycles. The molecule has 0 heterocycles. The van der Waals surface area contributed by atoms with E-state index in [9.17, 15) is 8.42 Å². The van der Waals surface area contributed by atoms with Crippen LogP contribution in [0.2, 0.25) is 0 Å². The minimum Gasteiger partial charge on any atom is -0.327 e. The first-order valence-corrected chi connectivity index (χ1v) is 6.98. The second kappa shape index (κ2) is 4.42. The van der Waals surface area contributed by atoms with E-state index >= 15 is 0 Å². The maximum Gasteiger partial charge on any atom is 0.147 e. The molecule has 3 nitrogen and oxygen atoms in total. The van der Waals surface area contributed by atoms with E-state index in [1.165, 1.54) is 31.9 Å². The first kappa shape index (κ1) is 11.0. The Kier molecular flexibility index (Phi) is 3.74. The van der Waals surface area contributed by atoms with Gasteiger partial charge in [-0.3, -0.25) is 0 Å². The fourth-order valence-corrected chi connectivity index (χ4v) is 2.67. The largest absolute Gasteiger partial charge is 0.327 e. The van der Waals surface area contributed by atoms with Gasteiger partial charge in [0.05, 0.1) is 5.75 Å². The molecule has 0 aliphatic heterocycles. The number of sulfone groups is 1. The van der Waals surface area contributed by atoms with Crippen molar-refractivity contribution in [2.24, 2.45) is 11.7 Å². The van der Waals surface area contributed by atoms with E-state index in [1.54, 1.807) is 0 Å². The van der Waals surface area contributed by atoms with Gasteiger partial charge in [0, 0.05) is 12.3 Å². The summed E-state index contributed by atoms with van der Waals surface area (Å²) in [5.74, 6) is 0.812. The highest BCUT2D eigenvalue weighted by molar-refractivity contribution is 7.90. The first-order valence-electron chi connectivity index (χ1n) is 4.92. The second-order valence-electron chi connectivity index (χ2n) is 4.13. The number of hydrogen-bond donors (Lipinski definition) is 1. The smallest absolute Gasteiger partial charge is 0.147 e. The highest BCUT2D eigenvalue weighted by Gasteiger charge is 2.22. The van der Waals surface area contributed by atoms with Crippen LogP contribution < -0.4 is 5.73 Å². The minimum absolute atomic E-state index is 0.0947. The van der Waals surface area contributed by atoms with E-state index in [2.05, 4.69) is 0 Å². The molecule has 0 aromatic carbocycles. The zero-order valence-electron chi connectivity index (χ0n) is 8.20. The van der Waals surface area contributed by atoms with Crippen LogP contribution >= 0.6 is 0 Å². The van der Waals surface area contributed by atoms with Gasteiger partial charge in [-0.25, -0.2) is 8.42 Å². The molecule has 13 heavy (non-hydrogen) atoms. The Morgan fingerprint density at radius 2 is 1.92 bits per heavy atom. The summed E-state index contributed by atoms with van der Waals surface area (Å²) in [6.07, 6.45) is 6.79. The molecule has 0 amide bonds. The van der Waals surface area contributed by atoms with Gasteiger partial charge < -0.3 is 5.73 Å². The summed E-state index contributed by atoms with van der Waals surface area (Å²) in [5.41, 5.74) is 5.92. The number of nitrogens with two attached hydrogens (primary N) is 1. The van der Waals surface area contributed by atoms with Crippen LogP contribution in [0.3, 0.4) is 0 Å². The molecule has 78 valence electrons. The van der Waals surface area contributed by atoms with Crippen LogP contribution in [0.25, 0.3) is 0 Å². The van der Waals surface area contributed by atoms with Crippen LogP contribution in [0.1, 0.15) is 32.1 Å². The summed E-state index contributed by atoms with van der Waals surface area (Å²) in [5, 5.41) is 0. The second-order valence-corrected chi connectivity index (χ2v) is 6.39. The molecule has 2 N–H and O–H groups in total. The van der Waals surface area contributed by atoms with Crippen molar-refractivity contribution in [2.45, 2.75) is 38.1 Å². The molecule has 0 spiro atoms. The molecule has 0 bridgehead atoms. The SMILES string of the molecule is CS(=O)(=O)CCC(N)C1CCCC1. The molecule has 4 heteroatoms. The lowest BCUT2D eigenvalue weighted by Crippen LogP contribution is -2.30. The molecule has 1 aliphatic rings. The predicted molar refractivity (Wildman–Crippen MR) is 54.3 cm³/mol. The van der Waals surface area contributed by atoms with Gasteiger partial charge in [0.1, 0.15) is 9.84 Å². The molecule has 0 radical (unpaired) electrons. The van der Waals surface area contributed by atoms with Gasteiger partial charge in [-0.1, -0.05) is 12.8 Å². The molecule has 0 saturated heterocycles. The van der Waals surface area contributed by atoms with E-state index in [4.69, 9.17) is 5.73 Å². The quantitative estimate of drug-likeness (QED) is 0.743. The van der Waals surface area contributed by atoms with Crippen molar-refractivity contribution in [3.05, 3.63) is 0 Å². The Balaban J connectivity index is 2.28. The van der Waals surface area contributed by atoms with Gasteiger partial charge in [-0.2, -0.15) is 0 Å². The topological polar surface area (TPSA) is 60.2 Å². The summed E-state index contributed by atoms with van der Waals surface area (Å²) >= 11 is 0. The first-order chi connectivity index (χ1) is 5.99. The maximum absolute atomic E-state index is 10.9. The molecule has 1 fully saturated rings. The van der Waals surface area contributed by atoms with Crippen molar-refractivity contribution >= 4 is 9.84 Å². The Morgan fingerprint density at radius 1 is 1.38 bits per heavy atom. The third kappa shape index (κ3) is 4.09. The fraction of sp³-hybridized carbons (Fsp3) is 1.00. The van der Waals surface area contributed by atoms with Crippen LogP contribution in [0.15, 0.2) is 0 Å². The molecule has 1 aliphatic carbocycles. The minimum atomic E-state index is -2.83. The highest BCUT2D eigenvalue weighted by atomic mass is 32.2. The number of rotatable bonds is 4. The van der Waals surface area contributed by atoms with Crippen LogP contribution in [-0.4, -0.2) is 26.5 Å². The summed E-state index contributed by atoms with van der Waals surface area (Å²) < 4.78 is 21.8. The lowest BCUT2D eigenvalue weighted by atomic mass is 9.97. The Labute approximate surface area is 80.6 Å². The van der Waals surface area contributed by atoms with E-state index in [1.807, 2.05) is 0 Å². The van der Waals surface area contributed by atoms with Crippen molar-refractivity contribution in [3.63, 3.8) is 0 Å². The van der Waals surface area contributed by atoms with Crippen molar-refractivity contribution in [1.82, 2.24) is 0 Å². The third-order valence-corrected chi connectivity index (χ3v) is 3.80. The summed E-state index contributed by atoms with van der Waals surface area (Å²) in [4.78, 5) is 0. The lowest BCUT2D eigenvalue weighted by molar-refractivity contribution is 0.421. The normalized spacial score (nSPS) is 22.0. The van der Waals surface area contributed by atoms with Crippen LogP contribution in [0, 0.1) is 5.92 Å². The zero-order chi connectivity index (χ0) is 9.90. The van der Waals surface area contributed by atoms with E-state index in [0.717, 1.165) is 0 Å². The lowest BCUT2D eigenvalue weighted by Gasteiger charge is -2.17. The van der Waals surface area contributed by atoms with Gasteiger partial charge in [0.25, 0.3) is 0 Å². The van der Waals surface area contributed by atoms with E-state index in [-0.39, 0.29) is 11.8 Å². The predicted octanol–water partition coefficient (Wildman–Crippen LogP) is 0.939. The summed E-state index contributed by atoms with van der Waals surface area (Å²) in [6, 6.07) is 0.0947. The zero-order valence-corrected chi connectivity index (χ0v) is 9.02. The molecule has 1 rings (SSSR count). The van der Waals surface area contributed by atoms with E-state index < -0.39 is 9.84 Å². The van der Waals surface area contributed by atoms with Gasteiger partial charge >= 0.3 is 0 Å². The fourth-order valence-electron chi connectivity index (χ4n) is 1.97. The van der Waals surface area contributed by atoms with Crippen molar-refractivity contribution in [1.29, 1.82) is 0 Å². The van der Waals surface area contributed by atoms with Crippen LogP contribution in [0.5, 0.6) is 0 Å². The summed E-state index contributed by atoms with van der Waals surface area (Å²) in [6.45, 7) is 0. The van der Waals surface area contributed by atoms with Crippen molar-refractivity contribution in [2.75, 3.05) is 12.0 Å². The van der Waals surface area contributed by atoms with Gasteiger partial charge in [-0.15, -0.1) is 0 Å². The van der Waals surface area contributed by atoms with Gasteiger partial charge in [0.2, 0.25) is 0 Å². The van der Waals surface area contributed by atoms with Crippen molar-refractivity contribution < 1.29 is 8.42 Å². The van der Waals surface area contributed by atoms with Crippen LogP contribution in [0.4, 0.5) is 0 Å². The average molecular weight is 205 g/mol. The monoisotopic (exact) mass is 205 g/mol. The Morgan fingerprint density at radius 3 is 2.38 bits per heavy atom. The number of hydrogen-bond acceptors (Lipinski definition) is 3. The molecular weight excluding hydrogens is 186 g/mol. The average Bonchev–Trinajstić information content (AvgIpc) is 2.50. The Bertz CT molecular complexity index is 242. The molecule has 1 unspecified atom stereocenters. The third-order valence-electron chi connectivity index (χ3n) is 2.83. The van der Waals surface area contributed by atoms with Gasteiger partial charge in [0.15, 0.2) is 0 Å². The summed E-state index contributed by atoms with van der Waals surface area (Å²) in [7, 11) is -2.83.